The molecule has 94 valence electrons. The Hall–Kier alpha value is -2.16. The van der Waals surface area contributed by atoms with E-state index in [1.165, 1.54) is 18.3 Å². The van der Waals surface area contributed by atoms with E-state index in [9.17, 15) is 19.7 Å². The minimum atomic E-state index is -0.672. The summed E-state index contributed by atoms with van der Waals surface area (Å²) in [6.45, 7) is -0.0119. The van der Waals surface area contributed by atoms with Gasteiger partial charge in [0.1, 0.15) is 10.7 Å². The zero-order chi connectivity index (χ0) is 13.3. The molecule has 8 nitrogen and oxygen atoms in total. The second-order valence-corrected chi connectivity index (χ2v) is 4.22. The number of hydrogen-bond donors (Lipinski definition) is 1. The molecule has 0 aliphatic carbocycles. The van der Waals surface area contributed by atoms with Crippen LogP contribution in [0, 0.1) is 10.1 Å². The molecule has 0 unspecified atom stereocenters. The summed E-state index contributed by atoms with van der Waals surface area (Å²) < 4.78 is 6.25. The highest BCUT2D eigenvalue weighted by molar-refractivity contribution is 9.10. The van der Waals surface area contributed by atoms with Crippen LogP contribution in [0.4, 0.5) is 5.88 Å². The van der Waals surface area contributed by atoms with Crippen LogP contribution in [0.3, 0.4) is 0 Å². The maximum Gasteiger partial charge on any atom is 0.433 e. The lowest BCUT2D eigenvalue weighted by Gasteiger charge is -2.01. The molecule has 2 rings (SSSR count). The number of halogens is 1. The topological polar surface area (TPSA) is 111 Å². The van der Waals surface area contributed by atoms with E-state index in [1.54, 1.807) is 0 Å². The number of hydrogen-bond acceptors (Lipinski definition) is 5. The van der Waals surface area contributed by atoms with Crippen LogP contribution in [0.1, 0.15) is 5.76 Å². The van der Waals surface area contributed by atoms with E-state index >= 15 is 0 Å². The van der Waals surface area contributed by atoms with Crippen LogP contribution in [-0.2, 0) is 6.54 Å². The Labute approximate surface area is 107 Å². The second kappa shape index (κ2) is 4.61. The van der Waals surface area contributed by atoms with E-state index in [0.717, 1.165) is 4.57 Å². The number of aromatic nitrogens is 2. The Morgan fingerprint density at radius 2 is 2.17 bits per heavy atom. The zero-order valence-electron chi connectivity index (χ0n) is 8.75. The Bertz CT molecular complexity index is 713. The Morgan fingerprint density at radius 1 is 1.44 bits per heavy atom. The summed E-state index contributed by atoms with van der Waals surface area (Å²) in [6.07, 6.45) is 1.29. The number of nitro groups is 1. The quantitative estimate of drug-likeness (QED) is 0.666. The molecule has 0 amide bonds. The van der Waals surface area contributed by atoms with Crippen molar-refractivity contribution >= 4 is 21.8 Å². The van der Waals surface area contributed by atoms with Gasteiger partial charge in [0, 0.05) is 6.20 Å². The summed E-state index contributed by atoms with van der Waals surface area (Å²) >= 11 is 2.98. The summed E-state index contributed by atoms with van der Waals surface area (Å²) in [5.74, 6) is -0.163. The molecule has 2 aromatic heterocycles. The number of nitrogens with zero attached hydrogens (tertiary/aromatic N) is 2. The van der Waals surface area contributed by atoms with Crippen LogP contribution >= 0.6 is 15.9 Å². The third kappa shape index (κ3) is 2.40. The molecule has 0 atom stereocenters. The Morgan fingerprint density at radius 3 is 2.78 bits per heavy atom. The van der Waals surface area contributed by atoms with Gasteiger partial charge in [-0.15, -0.1) is 0 Å². The monoisotopic (exact) mass is 315 g/mol. The van der Waals surface area contributed by atoms with Gasteiger partial charge in [-0.05, 0) is 22.0 Å². The summed E-state index contributed by atoms with van der Waals surface area (Å²) in [4.78, 5) is 34.4. The van der Waals surface area contributed by atoms with E-state index < -0.39 is 22.1 Å². The van der Waals surface area contributed by atoms with Gasteiger partial charge in [0.25, 0.3) is 5.56 Å². The van der Waals surface area contributed by atoms with Gasteiger partial charge in [0.15, 0.2) is 0 Å². The van der Waals surface area contributed by atoms with Crippen LogP contribution in [0.25, 0.3) is 0 Å². The van der Waals surface area contributed by atoms with E-state index in [2.05, 4.69) is 20.9 Å². The van der Waals surface area contributed by atoms with Crippen molar-refractivity contribution in [3.63, 3.8) is 0 Å². The molecule has 0 aliphatic heterocycles. The van der Waals surface area contributed by atoms with Crippen molar-refractivity contribution in [2.24, 2.45) is 0 Å². The molecule has 0 fully saturated rings. The Balaban J connectivity index is 2.34. The molecule has 0 saturated carbocycles. The summed E-state index contributed by atoms with van der Waals surface area (Å²) in [5.41, 5.74) is -1.16. The number of nitrogens with one attached hydrogen (secondary N) is 1. The fraction of sp³-hybridized carbons (Fsp3) is 0.111. The SMILES string of the molecule is O=c1[nH]c(=O)n(Cc2ccc([N+](=O)[O-])o2)cc1Br. The van der Waals surface area contributed by atoms with Crippen LogP contribution < -0.4 is 11.2 Å². The first-order chi connectivity index (χ1) is 8.47. The fourth-order valence-corrected chi connectivity index (χ4v) is 1.66. The number of furan rings is 1. The van der Waals surface area contributed by atoms with E-state index in [0.29, 0.717) is 0 Å². The lowest BCUT2D eigenvalue weighted by atomic mass is 10.4. The van der Waals surface area contributed by atoms with E-state index in [-0.39, 0.29) is 16.8 Å². The number of rotatable bonds is 3. The van der Waals surface area contributed by atoms with Gasteiger partial charge >= 0.3 is 11.6 Å². The molecule has 18 heavy (non-hydrogen) atoms. The molecular formula is C9H6BrN3O5. The minimum absolute atomic E-state index is 0.0119. The lowest BCUT2D eigenvalue weighted by Crippen LogP contribution is -2.29. The Kier molecular flexibility index (Phi) is 3.15. The second-order valence-electron chi connectivity index (χ2n) is 3.36. The molecule has 0 aromatic carbocycles. The van der Waals surface area contributed by atoms with E-state index in [4.69, 9.17) is 4.42 Å². The third-order valence-electron chi connectivity index (χ3n) is 2.12. The normalized spacial score (nSPS) is 10.5. The number of H-pyrrole nitrogens is 1. The van der Waals surface area contributed by atoms with Gasteiger partial charge in [-0.1, -0.05) is 0 Å². The predicted molar refractivity (Wildman–Crippen MR) is 63.5 cm³/mol. The van der Waals surface area contributed by atoms with Crippen molar-refractivity contribution in [3.8, 4) is 0 Å². The van der Waals surface area contributed by atoms with Crippen molar-refractivity contribution < 1.29 is 9.34 Å². The smallest absolute Gasteiger partial charge is 0.404 e. The van der Waals surface area contributed by atoms with Crippen molar-refractivity contribution in [3.05, 3.63) is 59.5 Å². The molecule has 9 heteroatoms. The first-order valence-electron chi connectivity index (χ1n) is 4.70. The highest BCUT2D eigenvalue weighted by Crippen LogP contribution is 2.16. The van der Waals surface area contributed by atoms with Gasteiger partial charge in [0.05, 0.1) is 17.1 Å². The molecule has 0 spiro atoms. The van der Waals surface area contributed by atoms with E-state index in [1.807, 2.05) is 0 Å². The van der Waals surface area contributed by atoms with Crippen LogP contribution in [0.2, 0.25) is 0 Å². The summed E-state index contributed by atoms with van der Waals surface area (Å²) in [6, 6.07) is 2.59. The molecule has 0 radical (unpaired) electrons. The average Bonchev–Trinajstić information content (AvgIpc) is 2.74. The van der Waals surface area contributed by atoms with Crippen molar-refractivity contribution in [1.29, 1.82) is 0 Å². The van der Waals surface area contributed by atoms with Crippen molar-refractivity contribution in [2.75, 3.05) is 0 Å². The standard InChI is InChI=1S/C9H6BrN3O5/c10-6-4-12(9(15)11-8(6)14)3-5-1-2-7(18-5)13(16)17/h1-2,4H,3H2,(H,11,14,15). The average molecular weight is 316 g/mol. The van der Waals surface area contributed by atoms with Crippen molar-refractivity contribution in [2.45, 2.75) is 6.54 Å². The maximum atomic E-state index is 11.4. The first kappa shape index (κ1) is 12.3. The van der Waals surface area contributed by atoms with Crippen LogP contribution in [0.15, 0.2) is 36.8 Å². The van der Waals surface area contributed by atoms with Crippen molar-refractivity contribution in [1.82, 2.24) is 9.55 Å². The summed E-state index contributed by atoms with van der Waals surface area (Å²) in [7, 11) is 0. The molecule has 0 saturated heterocycles. The molecule has 1 N–H and O–H groups in total. The number of aromatic amines is 1. The first-order valence-corrected chi connectivity index (χ1v) is 5.49. The largest absolute Gasteiger partial charge is 0.433 e. The maximum absolute atomic E-state index is 11.4. The molecule has 0 bridgehead atoms. The molecule has 2 aromatic rings. The minimum Gasteiger partial charge on any atom is -0.404 e. The molecule has 2 heterocycles. The predicted octanol–water partition coefficient (Wildman–Crippen LogP) is 0.849. The van der Waals surface area contributed by atoms with Crippen LogP contribution in [0.5, 0.6) is 0 Å². The van der Waals surface area contributed by atoms with Crippen LogP contribution in [-0.4, -0.2) is 14.5 Å². The van der Waals surface area contributed by atoms with Gasteiger partial charge < -0.3 is 4.42 Å². The fourth-order valence-electron chi connectivity index (χ4n) is 1.32. The van der Waals surface area contributed by atoms with Gasteiger partial charge in [-0.2, -0.15) is 0 Å². The van der Waals surface area contributed by atoms with Gasteiger partial charge in [0.2, 0.25) is 0 Å². The molecular weight excluding hydrogens is 310 g/mol. The highest BCUT2D eigenvalue weighted by atomic mass is 79.9. The lowest BCUT2D eigenvalue weighted by molar-refractivity contribution is -0.402. The zero-order valence-corrected chi connectivity index (χ0v) is 10.3. The third-order valence-corrected chi connectivity index (χ3v) is 2.69. The summed E-state index contributed by atoms with van der Waals surface area (Å²) in [5, 5.41) is 10.4. The highest BCUT2D eigenvalue weighted by Gasteiger charge is 2.12. The molecule has 0 aliphatic rings. The van der Waals surface area contributed by atoms with Gasteiger partial charge in [-0.25, -0.2) is 4.79 Å². The van der Waals surface area contributed by atoms with Gasteiger partial charge in [-0.3, -0.25) is 24.5 Å².